The average molecular weight is 265 g/mol. The first-order valence-electron chi connectivity index (χ1n) is 6.42. The lowest BCUT2D eigenvalue weighted by atomic mass is 10.1. The number of esters is 1. The lowest BCUT2D eigenvalue weighted by Crippen LogP contribution is -2.06. The Hall–Kier alpha value is -1.91. The molecular formula is C14H19NO4. The lowest BCUT2D eigenvalue weighted by molar-refractivity contribution is -0.384. The molecule has 0 unspecified atom stereocenters. The second kappa shape index (κ2) is 7.51. The molecule has 1 aromatic rings. The molecule has 0 atom stereocenters. The smallest absolute Gasteiger partial charge is 0.338 e. The van der Waals surface area contributed by atoms with Crippen LogP contribution in [0.1, 0.15) is 43.5 Å². The highest BCUT2D eigenvalue weighted by molar-refractivity contribution is 5.89. The van der Waals surface area contributed by atoms with Crippen LogP contribution in [-0.4, -0.2) is 17.5 Å². The van der Waals surface area contributed by atoms with Crippen LogP contribution in [0.25, 0.3) is 0 Å². The Morgan fingerprint density at radius 3 is 2.42 bits per heavy atom. The van der Waals surface area contributed by atoms with Crippen LogP contribution in [0.2, 0.25) is 0 Å². The Balaban J connectivity index is 2.35. The van der Waals surface area contributed by atoms with Crippen molar-refractivity contribution >= 4 is 11.7 Å². The van der Waals surface area contributed by atoms with E-state index in [9.17, 15) is 14.9 Å². The predicted octanol–water partition coefficient (Wildman–Crippen LogP) is 3.58. The van der Waals surface area contributed by atoms with Gasteiger partial charge in [0.05, 0.1) is 17.1 Å². The topological polar surface area (TPSA) is 69.4 Å². The van der Waals surface area contributed by atoms with E-state index < -0.39 is 10.9 Å². The van der Waals surface area contributed by atoms with Crippen LogP contribution in [-0.2, 0) is 4.74 Å². The summed E-state index contributed by atoms with van der Waals surface area (Å²) in [5.41, 5.74) is 0.308. The van der Waals surface area contributed by atoms with Crippen molar-refractivity contribution in [2.24, 2.45) is 5.92 Å². The summed E-state index contributed by atoms with van der Waals surface area (Å²) in [5, 5.41) is 10.5. The maximum Gasteiger partial charge on any atom is 0.338 e. The molecule has 0 heterocycles. The van der Waals surface area contributed by atoms with Crippen LogP contribution < -0.4 is 0 Å². The first-order chi connectivity index (χ1) is 9.00. The van der Waals surface area contributed by atoms with Crippen molar-refractivity contribution in [1.29, 1.82) is 0 Å². The van der Waals surface area contributed by atoms with E-state index in [0.717, 1.165) is 19.3 Å². The Kier molecular flexibility index (Phi) is 5.99. The van der Waals surface area contributed by atoms with E-state index in [1.54, 1.807) is 0 Å². The molecule has 1 aromatic carbocycles. The molecule has 0 aromatic heterocycles. The van der Waals surface area contributed by atoms with E-state index in [0.29, 0.717) is 18.1 Å². The fourth-order valence-electron chi connectivity index (χ4n) is 1.62. The number of nitro benzene ring substituents is 1. The SMILES string of the molecule is CC(C)CCCCOC(=O)c1ccc([N+](=O)[O-])cc1. The number of carbonyl (C=O) groups excluding carboxylic acids is 1. The fraction of sp³-hybridized carbons (Fsp3) is 0.500. The number of nitrogens with zero attached hydrogens (tertiary/aromatic N) is 1. The normalized spacial score (nSPS) is 10.5. The van der Waals surface area contributed by atoms with Crippen LogP contribution >= 0.6 is 0 Å². The zero-order valence-corrected chi connectivity index (χ0v) is 11.3. The summed E-state index contributed by atoms with van der Waals surface area (Å²) in [6.07, 6.45) is 3.00. The Bertz CT molecular complexity index is 426. The fourth-order valence-corrected chi connectivity index (χ4v) is 1.62. The van der Waals surface area contributed by atoms with Crippen LogP contribution in [0, 0.1) is 16.0 Å². The molecule has 5 heteroatoms. The van der Waals surface area contributed by atoms with Gasteiger partial charge in [0.2, 0.25) is 0 Å². The molecule has 0 radical (unpaired) electrons. The number of carbonyl (C=O) groups is 1. The summed E-state index contributed by atoms with van der Waals surface area (Å²) in [6.45, 7) is 4.70. The highest BCUT2D eigenvalue weighted by Crippen LogP contribution is 2.13. The predicted molar refractivity (Wildman–Crippen MR) is 72.1 cm³/mol. The summed E-state index contributed by atoms with van der Waals surface area (Å²) < 4.78 is 5.10. The van der Waals surface area contributed by atoms with Gasteiger partial charge in [0, 0.05) is 12.1 Å². The molecule has 0 aliphatic carbocycles. The number of unbranched alkanes of at least 4 members (excludes halogenated alkanes) is 1. The minimum Gasteiger partial charge on any atom is -0.462 e. The highest BCUT2D eigenvalue weighted by Gasteiger charge is 2.10. The second-order valence-electron chi connectivity index (χ2n) is 4.83. The average Bonchev–Trinajstić information content (AvgIpc) is 2.37. The summed E-state index contributed by atoms with van der Waals surface area (Å²) in [6, 6.07) is 5.42. The number of benzene rings is 1. The Morgan fingerprint density at radius 1 is 1.26 bits per heavy atom. The van der Waals surface area contributed by atoms with Gasteiger partial charge in [0.15, 0.2) is 0 Å². The number of non-ortho nitro benzene ring substituents is 1. The summed E-state index contributed by atoms with van der Waals surface area (Å²) in [7, 11) is 0. The zero-order chi connectivity index (χ0) is 14.3. The minimum atomic E-state index is -0.499. The second-order valence-corrected chi connectivity index (χ2v) is 4.83. The van der Waals surface area contributed by atoms with E-state index in [-0.39, 0.29) is 5.69 Å². The van der Waals surface area contributed by atoms with Gasteiger partial charge in [-0.05, 0) is 30.9 Å². The van der Waals surface area contributed by atoms with Gasteiger partial charge in [-0.15, -0.1) is 0 Å². The van der Waals surface area contributed by atoms with E-state index in [4.69, 9.17) is 4.74 Å². The molecular weight excluding hydrogens is 246 g/mol. The summed E-state index contributed by atoms with van der Waals surface area (Å²) in [5.74, 6) is 0.227. The van der Waals surface area contributed by atoms with Gasteiger partial charge in [-0.1, -0.05) is 20.3 Å². The number of rotatable bonds is 7. The molecule has 19 heavy (non-hydrogen) atoms. The molecule has 0 amide bonds. The highest BCUT2D eigenvalue weighted by atomic mass is 16.6. The van der Waals surface area contributed by atoms with Crippen molar-refractivity contribution in [1.82, 2.24) is 0 Å². The van der Waals surface area contributed by atoms with Crippen LogP contribution in [0.3, 0.4) is 0 Å². The number of nitro groups is 1. The third-order valence-electron chi connectivity index (χ3n) is 2.72. The van der Waals surface area contributed by atoms with Gasteiger partial charge < -0.3 is 4.74 Å². The molecule has 0 aliphatic rings. The van der Waals surface area contributed by atoms with Crippen molar-refractivity contribution in [3.63, 3.8) is 0 Å². The van der Waals surface area contributed by atoms with Crippen LogP contribution in [0.15, 0.2) is 24.3 Å². The Morgan fingerprint density at radius 2 is 1.89 bits per heavy atom. The molecule has 5 nitrogen and oxygen atoms in total. The molecule has 0 N–H and O–H groups in total. The molecule has 0 bridgehead atoms. The van der Waals surface area contributed by atoms with E-state index in [1.807, 2.05) is 0 Å². The van der Waals surface area contributed by atoms with Crippen molar-refractivity contribution in [3.05, 3.63) is 39.9 Å². The number of ether oxygens (including phenoxy) is 1. The molecule has 0 saturated heterocycles. The third kappa shape index (κ3) is 5.50. The van der Waals surface area contributed by atoms with E-state index >= 15 is 0 Å². The molecule has 104 valence electrons. The molecule has 0 saturated carbocycles. The monoisotopic (exact) mass is 265 g/mol. The van der Waals surface area contributed by atoms with Crippen molar-refractivity contribution in [3.8, 4) is 0 Å². The number of hydrogen-bond donors (Lipinski definition) is 0. The van der Waals surface area contributed by atoms with Gasteiger partial charge >= 0.3 is 5.97 Å². The lowest BCUT2D eigenvalue weighted by Gasteiger charge is -2.06. The van der Waals surface area contributed by atoms with E-state index in [2.05, 4.69) is 13.8 Å². The van der Waals surface area contributed by atoms with Gasteiger partial charge in [-0.25, -0.2) is 4.79 Å². The van der Waals surface area contributed by atoms with Gasteiger partial charge in [0.25, 0.3) is 5.69 Å². The largest absolute Gasteiger partial charge is 0.462 e. The third-order valence-corrected chi connectivity index (χ3v) is 2.72. The Labute approximate surface area is 112 Å². The van der Waals surface area contributed by atoms with Gasteiger partial charge in [-0.3, -0.25) is 10.1 Å². The van der Waals surface area contributed by atoms with Crippen molar-refractivity contribution < 1.29 is 14.5 Å². The van der Waals surface area contributed by atoms with Gasteiger partial charge in [0.1, 0.15) is 0 Å². The quantitative estimate of drug-likeness (QED) is 0.327. The molecule has 0 spiro atoms. The minimum absolute atomic E-state index is 0.0338. The first kappa shape index (κ1) is 15.1. The summed E-state index contributed by atoms with van der Waals surface area (Å²) in [4.78, 5) is 21.6. The zero-order valence-electron chi connectivity index (χ0n) is 11.3. The van der Waals surface area contributed by atoms with Crippen molar-refractivity contribution in [2.45, 2.75) is 33.1 Å². The maximum absolute atomic E-state index is 11.6. The maximum atomic E-state index is 11.6. The molecule has 0 fully saturated rings. The van der Waals surface area contributed by atoms with Crippen LogP contribution in [0.5, 0.6) is 0 Å². The standard InChI is InChI=1S/C14H19NO4/c1-11(2)5-3-4-10-19-14(16)12-6-8-13(9-7-12)15(17)18/h6-9,11H,3-5,10H2,1-2H3. The van der Waals surface area contributed by atoms with Crippen LogP contribution in [0.4, 0.5) is 5.69 Å². The van der Waals surface area contributed by atoms with Crippen molar-refractivity contribution in [2.75, 3.05) is 6.61 Å². The van der Waals surface area contributed by atoms with E-state index in [1.165, 1.54) is 24.3 Å². The number of hydrogen-bond acceptors (Lipinski definition) is 4. The molecule has 0 aliphatic heterocycles. The van der Waals surface area contributed by atoms with Gasteiger partial charge in [-0.2, -0.15) is 0 Å². The first-order valence-corrected chi connectivity index (χ1v) is 6.42. The molecule has 1 rings (SSSR count). The summed E-state index contributed by atoms with van der Waals surface area (Å²) >= 11 is 0.